The summed E-state index contributed by atoms with van der Waals surface area (Å²) in [6, 6.07) is 0. The smallest absolute Gasteiger partial charge is 0.225 e. The highest BCUT2D eigenvalue weighted by molar-refractivity contribution is 7.80. The van der Waals surface area contributed by atoms with Crippen molar-refractivity contribution in [1.82, 2.24) is 9.80 Å². The van der Waals surface area contributed by atoms with E-state index in [4.69, 9.17) is 18.0 Å². The third kappa shape index (κ3) is 7.20. The van der Waals surface area contributed by atoms with Gasteiger partial charge in [-0.2, -0.15) is 0 Å². The molecular formula is C15H31N3OS. The molecule has 20 heavy (non-hydrogen) atoms. The molecule has 118 valence electrons. The van der Waals surface area contributed by atoms with Crippen molar-refractivity contribution in [2.75, 3.05) is 32.7 Å². The second-order valence-corrected chi connectivity index (χ2v) is 5.61. The lowest BCUT2D eigenvalue weighted by molar-refractivity contribution is -0.135. The van der Waals surface area contributed by atoms with E-state index in [1.54, 1.807) is 0 Å². The van der Waals surface area contributed by atoms with Crippen LogP contribution in [-0.4, -0.2) is 53.4 Å². The normalized spacial score (nSPS) is 11.1. The van der Waals surface area contributed by atoms with Crippen LogP contribution in [0, 0.1) is 5.92 Å². The van der Waals surface area contributed by atoms with E-state index >= 15 is 0 Å². The first-order valence-electron chi connectivity index (χ1n) is 7.79. The Morgan fingerprint density at radius 2 is 1.60 bits per heavy atom. The van der Waals surface area contributed by atoms with Crippen molar-refractivity contribution in [3.05, 3.63) is 0 Å². The van der Waals surface area contributed by atoms with Crippen LogP contribution in [-0.2, 0) is 4.79 Å². The molecule has 2 N–H and O–H groups in total. The third-order valence-corrected chi connectivity index (χ3v) is 4.06. The predicted octanol–water partition coefficient (Wildman–Crippen LogP) is 2.27. The summed E-state index contributed by atoms with van der Waals surface area (Å²) in [6.45, 7) is 12.8. The molecular weight excluding hydrogens is 270 g/mol. The summed E-state index contributed by atoms with van der Waals surface area (Å²) in [5.74, 6) is 0.372. The summed E-state index contributed by atoms with van der Waals surface area (Å²) >= 11 is 4.93. The summed E-state index contributed by atoms with van der Waals surface area (Å²) in [5, 5.41) is 0. The maximum Gasteiger partial charge on any atom is 0.225 e. The molecule has 0 aliphatic rings. The number of thiocarbonyl (C=S) groups is 1. The Balaban J connectivity index is 4.61. The Kier molecular flexibility index (Phi) is 10.7. The number of hydrogen-bond donors (Lipinski definition) is 1. The summed E-state index contributed by atoms with van der Waals surface area (Å²) in [6.07, 6.45) is 2.40. The number of rotatable bonds is 11. The van der Waals surface area contributed by atoms with E-state index in [1.165, 1.54) is 0 Å². The van der Waals surface area contributed by atoms with Crippen molar-refractivity contribution in [2.45, 2.75) is 47.0 Å². The van der Waals surface area contributed by atoms with Gasteiger partial charge < -0.3 is 15.5 Å². The Labute approximate surface area is 129 Å². The Morgan fingerprint density at radius 3 is 2.00 bits per heavy atom. The average Bonchev–Trinajstić information content (AvgIpc) is 2.43. The first-order valence-corrected chi connectivity index (χ1v) is 8.20. The second kappa shape index (κ2) is 11.0. The zero-order chi connectivity index (χ0) is 15.5. The van der Waals surface area contributed by atoms with E-state index < -0.39 is 0 Å². The molecule has 0 fully saturated rings. The lowest BCUT2D eigenvalue weighted by Crippen LogP contribution is -2.42. The predicted molar refractivity (Wildman–Crippen MR) is 89.8 cm³/mol. The van der Waals surface area contributed by atoms with Gasteiger partial charge in [-0.1, -0.05) is 39.9 Å². The van der Waals surface area contributed by atoms with Gasteiger partial charge >= 0.3 is 0 Å². The molecule has 0 spiro atoms. The van der Waals surface area contributed by atoms with Gasteiger partial charge in [-0.3, -0.25) is 4.79 Å². The number of hydrogen-bond acceptors (Lipinski definition) is 3. The third-order valence-electron chi connectivity index (χ3n) is 3.86. The quantitative estimate of drug-likeness (QED) is 0.595. The van der Waals surface area contributed by atoms with E-state index in [1.807, 2.05) is 4.90 Å². The number of nitrogens with zero attached hydrogens (tertiary/aromatic N) is 2. The van der Waals surface area contributed by atoms with Gasteiger partial charge in [0.25, 0.3) is 0 Å². The summed E-state index contributed by atoms with van der Waals surface area (Å²) in [4.78, 5) is 17.3. The molecule has 0 atom stereocenters. The molecule has 0 aliphatic heterocycles. The lowest BCUT2D eigenvalue weighted by Gasteiger charge is -2.29. The highest BCUT2D eigenvalue weighted by Crippen LogP contribution is 2.12. The molecule has 0 rings (SSSR count). The van der Waals surface area contributed by atoms with Crippen molar-refractivity contribution in [3.8, 4) is 0 Å². The second-order valence-electron chi connectivity index (χ2n) is 5.08. The molecule has 0 heterocycles. The molecule has 0 bridgehead atoms. The maximum absolute atomic E-state index is 12.5. The highest BCUT2D eigenvalue weighted by atomic mass is 32.1. The van der Waals surface area contributed by atoms with Crippen LogP contribution in [0.15, 0.2) is 0 Å². The van der Waals surface area contributed by atoms with E-state index in [9.17, 15) is 4.79 Å². The summed E-state index contributed by atoms with van der Waals surface area (Å²) in [7, 11) is 0. The molecule has 0 saturated carbocycles. The average molecular weight is 302 g/mol. The highest BCUT2D eigenvalue weighted by Gasteiger charge is 2.21. The fourth-order valence-electron chi connectivity index (χ4n) is 2.28. The topological polar surface area (TPSA) is 49.6 Å². The summed E-state index contributed by atoms with van der Waals surface area (Å²) in [5.41, 5.74) is 5.57. The zero-order valence-electron chi connectivity index (χ0n) is 13.5. The van der Waals surface area contributed by atoms with Crippen LogP contribution in [0.1, 0.15) is 47.0 Å². The summed E-state index contributed by atoms with van der Waals surface area (Å²) < 4.78 is 0. The molecule has 0 aromatic heterocycles. The van der Waals surface area contributed by atoms with Gasteiger partial charge in [0, 0.05) is 32.0 Å². The number of carbonyl (C=O) groups is 1. The van der Waals surface area contributed by atoms with Gasteiger partial charge in [0.2, 0.25) is 5.91 Å². The number of likely N-dealkylation sites (N-methyl/N-ethyl adjacent to an activating group) is 1. The Hall–Kier alpha value is -0.680. The molecule has 4 nitrogen and oxygen atoms in total. The molecule has 0 unspecified atom stereocenters. The van der Waals surface area contributed by atoms with Crippen LogP contribution < -0.4 is 5.73 Å². The molecule has 0 aromatic rings. The van der Waals surface area contributed by atoms with Crippen molar-refractivity contribution < 1.29 is 4.79 Å². The molecule has 5 heteroatoms. The molecule has 0 saturated heterocycles. The minimum atomic E-state index is 0.123. The van der Waals surface area contributed by atoms with Crippen molar-refractivity contribution in [1.29, 1.82) is 0 Å². The van der Waals surface area contributed by atoms with E-state index in [-0.39, 0.29) is 11.8 Å². The first kappa shape index (κ1) is 19.3. The largest absolute Gasteiger partial charge is 0.393 e. The fraction of sp³-hybridized carbons (Fsp3) is 0.867. The zero-order valence-corrected chi connectivity index (χ0v) is 14.3. The SMILES string of the molecule is CCC(CC)C(=O)N(CCC(N)=S)CCN(CC)CC. The van der Waals surface area contributed by atoms with Gasteiger partial charge in [-0.15, -0.1) is 0 Å². The maximum atomic E-state index is 12.5. The van der Waals surface area contributed by atoms with E-state index in [2.05, 4.69) is 32.6 Å². The van der Waals surface area contributed by atoms with Gasteiger partial charge in [-0.25, -0.2) is 0 Å². The minimum absolute atomic E-state index is 0.123. The van der Waals surface area contributed by atoms with E-state index in [0.29, 0.717) is 18.0 Å². The lowest BCUT2D eigenvalue weighted by atomic mass is 10.0. The molecule has 1 amide bonds. The Bertz CT molecular complexity index is 289. The van der Waals surface area contributed by atoms with Crippen LogP contribution in [0.2, 0.25) is 0 Å². The molecule has 0 aliphatic carbocycles. The van der Waals surface area contributed by atoms with Gasteiger partial charge in [0.05, 0.1) is 4.99 Å². The molecule has 0 aromatic carbocycles. The van der Waals surface area contributed by atoms with Crippen molar-refractivity contribution in [3.63, 3.8) is 0 Å². The fourth-order valence-corrected chi connectivity index (χ4v) is 2.37. The van der Waals surface area contributed by atoms with Crippen molar-refractivity contribution in [2.24, 2.45) is 11.7 Å². The number of nitrogens with two attached hydrogens (primary N) is 1. The minimum Gasteiger partial charge on any atom is -0.393 e. The Morgan fingerprint density at radius 1 is 1.05 bits per heavy atom. The van der Waals surface area contributed by atoms with Crippen molar-refractivity contribution >= 4 is 23.1 Å². The van der Waals surface area contributed by atoms with E-state index in [0.717, 1.165) is 39.0 Å². The number of amides is 1. The van der Waals surface area contributed by atoms with Crippen LogP contribution >= 0.6 is 12.2 Å². The first-order chi connectivity index (χ1) is 9.49. The van der Waals surface area contributed by atoms with Crippen LogP contribution in [0.25, 0.3) is 0 Å². The number of carbonyl (C=O) groups excluding carboxylic acids is 1. The van der Waals surface area contributed by atoms with Gasteiger partial charge in [0.15, 0.2) is 0 Å². The molecule has 0 radical (unpaired) electrons. The van der Waals surface area contributed by atoms with Crippen LogP contribution in [0.5, 0.6) is 0 Å². The van der Waals surface area contributed by atoms with Crippen LogP contribution in [0.3, 0.4) is 0 Å². The monoisotopic (exact) mass is 301 g/mol. The standard InChI is InChI=1S/C15H31N3OS/c1-5-13(6-2)15(19)18(10-9-14(16)20)12-11-17(7-3)8-4/h13H,5-12H2,1-4H3,(H2,16,20). The van der Waals surface area contributed by atoms with Gasteiger partial charge in [0.1, 0.15) is 0 Å². The van der Waals surface area contributed by atoms with Crippen LogP contribution in [0.4, 0.5) is 0 Å². The van der Waals surface area contributed by atoms with Gasteiger partial charge in [-0.05, 0) is 25.9 Å².